The van der Waals surface area contributed by atoms with Crippen molar-refractivity contribution in [3.05, 3.63) is 39.4 Å². The normalized spacial score (nSPS) is 26.0. The summed E-state index contributed by atoms with van der Waals surface area (Å²) >= 11 is 6.44. The molecule has 8 nitrogen and oxygen atoms in total. The van der Waals surface area contributed by atoms with Crippen LogP contribution in [0.3, 0.4) is 0 Å². The SMILES string of the molecule is Cn1c(=O)n(C2CC3CCC2(C#N)CC3)c2nc(Nc3cc4c(cc3Cl)OCC4)ncc21. The Morgan fingerprint density at radius 1 is 1.34 bits per heavy atom. The van der Waals surface area contributed by atoms with E-state index in [0.29, 0.717) is 40.3 Å². The maximum absolute atomic E-state index is 13.3. The molecule has 0 saturated heterocycles. The number of aryl methyl sites for hydroxylation is 1. The van der Waals surface area contributed by atoms with E-state index in [1.807, 2.05) is 6.07 Å². The van der Waals surface area contributed by atoms with Crippen molar-refractivity contribution in [1.29, 1.82) is 5.26 Å². The van der Waals surface area contributed by atoms with Crippen LogP contribution in [0, 0.1) is 22.7 Å². The van der Waals surface area contributed by atoms with Gasteiger partial charge in [-0.15, -0.1) is 0 Å². The van der Waals surface area contributed by atoms with Crippen LogP contribution < -0.4 is 15.7 Å². The Morgan fingerprint density at radius 2 is 2.16 bits per heavy atom. The standard InChI is InChI=1S/C23H23ClN6O2/c1-29-17-11-26-21(27-16-9-14-4-7-32-18(14)10-15(16)24)28-20(17)30(22(29)31)19-8-13-2-5-23(19,12-25)6-3-13/h9-11,13,19H,2-8H2,1H3,(H,26,27,28). The highest BCUT2D eigenvalue weighted by molar-refractivity contribution is 6.33. The monoisotopic (exact) mass is 450 g/mol. The second kappa shape index (κ2) is 6.97. The Bertz CT molecular complexity index is 1350. The van der Waals surface area contributed by atoms with E-state index >= 15 is 0 Å². The van der Waals surface area contributed by atoms with Gasteiger partial charge >= 0.3 is 5.69 Å². The molecule has 164 valence electrons. The summed E-state index contributed by atoms with van der Waals surface area (Å²) in [5, 5.41) is 13.8. The smallest absolute Gasteiger partial charge is 0.330 e. The number of halogens is 1. The molecule has 1 N–H and O–H groups in total. The number of anilines is 2. The van der Waals surface area contributed by atoms with Crippen molar-refractivity contribution in [2.45, 2.75) is 44.6 Å². The molecule has 3 saturated carbocycles. The predicted octanol–water partition coefficient (Wildman–Crippen LogP) is 4.11. The van der Waals surface area contributed by atoms with Crippen LogP contribution in [0.4, 0.5) is 11.6 Å². The topological polar surface area (TPSA) is 97.8 Å². The average molecular weight is 451 g/mol. The largest absolute Gasteiger partial charge is 0.493 e. The Balaban J connectivity index is 1.45. The molecule has 1 aromatic carbocycles. The van der Waals surface area contributed by atoms with Gasteiger partial charge in [0.25, 0.3) is 0 Å². The van der Waals surface area contributed by atoms with Crippen molar-refractivity contribution in [2.24, 2.45) is 18.4 Å². The van der Waals surface area contributed by atoms with Crippen LogP contribution in [0.25, 0.3) is 11.2 Å². The second-order valence-electron chi connectivity index (χ2n) is 9.24. The van der Waals surface area contributed by atoms with Gasteiger partial charge in [-0.05, 0) is 49.7 Å². The summed E-state index contributed by atoms with van der Waals surface area (Å²) in [6.07, 6.45) is 7.13. The molecule has 1 unspecified atom stereocenters. The van der Waals surface area contributed by atoms with E-state index in [1.54, 1.807) is 28.4 Å². The lowest BCUT2D eigenvalue weighted by molar-refractivity contribution is 0.0489. The number of nitrogens with zero attached hydrogens (tertiary/aromatic N) is 5. The van der Waals surface area contributed by atoms with Gasteiger partial charge in [0, 0.05) is 19.5 Å². The number of rotatable bonds is 3. The summed E-state index contributed by atoms with van der Waals surface area (Å²) < 4.78 is 8.90. The fourth-order valence-electron chi connectivity index (χ4n) is 5.74. The van der Waals surface area contributed by atoms with E-state index < -0.39 is 5.41 Å². The van der Waals surface area contributed by atoms with Gasteiger partial charge in [0.2, 0.25) is 5.95 Å². The number of aromatic nitrogens is 4. The number of benzene rings is 1. The third-order valence-electron chi connectivity index (χ3n) is 7.58. The molecule has 3 heterocycles. The molecule has 0 radical (unpaired) electrons. The number of fused-ring (bicyclic) bond motifs is 5. The van der Waals surface area contributed by atoms with Gasteiger partial charge in [0.15, 0.2) is 5.65 Å². The minimum absolute atomic E-state index is 0.147. The number of nitriles is 1. The molecule has 32 heavy (non-hydrogen) atoms. The first-order valence-corrected chi connectivity index (χ1v) is 11.4. The fraction of sp³-hybridized carbons (Fsp3) is 0.478. The molecular weight excluding hydrogens is 428 g/mol. The lowest BCUT2D eigenvalue weighted by atomic mass is 9.58. The molecule has 0 amide bonds. The van der Waals surface area contributed by atoms with E-state index in [2.05, 4.69) is 16.4 Å². The summed E-state index contributed by atoms with van der Waals surface area (Å²) in [4.78, 5) is 22.4. The van der Waals surface area contributed by atoms with E-state index in [1.165, 1.54) is 0 Å². The average Bonchev–Trinajstić information content (AvgIpc) is 3.36. The van der Waals surface area contributed by atoms with Crippen molar-refractivity contribution in [1.82, 2.24) is 19.1 Å². The molecule has 1 aliphatic heterocycles. The van der Waals surface area contributed by atoms with Gasteiger partial charge in [0.1, 0.15) is 11.3 Å². The minimum atomic E-state index is -0.505. The predicted molar refractivity (Wildman–Crippen MR) is 120 cm³/mol. The van der Waals surface area contributed by atoms with Crippen molar-refractivity contribution in [3.63, 3.8) is 0 Å². The van der Waals surface area contributed by atoms with Gasteiger partial charge in [-0.2, -0.15) is 10.2 Å². The van der Waals surface area contributed by atoms with E-state index in [4.69, 9.17) is 21.3 Å². The molecule has 4 aliphatic rings. The van der Waals surface area contributed by atoms with Crippen LogP contribution >= 0.6 is 11.6 Å². The molecule has 7 rings (SSSR count). The number of hydrogen-bond acceptors (Lipinski definition) is 6. The van der Waals surface area contributed by atoms with Crippen molar-refractivity contribution < 1.29 is 4.74 Å². The molecule has 1 atom stereocenters. The Hall–Kier alpha value is -3.05. The van der Waals surface area contributed by atoms with E-state index in [0.717, 1.165) is 49.8 Å². The third kappa shape index (κ3) is 2.77. The van der Waals surface area contributed by atoms with Crippen LogP contribution in [-0.4, -0.2) is 25.7 Å². The molecule has 2 bridgehead atoms. The van der Waals surface area contributed by atoms with Crippen LogP contribution in [0.5, 0.6) is 5.75 Å². The third-order valence-corrected chi connectivity index (χ3v) is 7.90. The maximum atomic E-state index is 13.3. The number of ether oxygens (including phenoxy) is 1. The summed E-state index contributed by atoms with van der Waals surface area (Å²) in [5.74, 6) is 1.73. The highest BCUT2D eigenvalue weighted by Crippen LogP contribution is 2.55. The van der Waals surface area contributed by atoms with Crippen molar-refractivity contribution in [3.8, 4) is 11.8 Å². The first-order valence-electron chi connectivity index (χ1n) is 11.1. The Morgan fingerprint density at radius 3 is 2.94 bits per heavy atom. The van der Waals surface area contributed by atoms with Crippen molar-refractivity contribution in [2.75, 3.05) is 11.9 Å². The summed E-state index contributed by atoms with van der Waals surface area (Å²) in [5.41, 5.74) is 2.35. The summed E-state index contributed by atoms with van der Waals surface area (Å²) in [7, 11) is 1.73. The second-order valence-corrected chi connectivity index (χ2v) is 9.65. The van der Waals surface area contributed by atoms with Crippen LogP contribution in [0.2, 0.25) is 5.02 Å². The van der Waals surface area contributed by atoms with Crippen LogP contribution in [0.1, 0.15) is 43.7 Å². The van der Waals surface area contributed by atoms with E-state index in [-0.39, 0.29) is 11.7 Å². The molecule has 0 spiro atoms. The van der Waals surface area contributed by atoms with Crippen molar-refractivity contribution >= 4 is 34.4 Å². The summed E-state index contributed by atoms with van der Waals surface area (Å²) in [6, 6.07) is 6.18. The molecule has 2 aromatic heterocycles. The molecule has 3 aliphatic carbocycles. The van der Waals surface area contributed by atoms with Crippen LogP contribution in [0.15, 0.2) is 23.1 Å². The highest BCUT2D eigenvalue weighted by Gasteiger charge is 2.50. The van der Waals surface area contributed by atoms with Gasteiger partial charge in [-0.3, -0.25) is 9.13 Å². The first kappa shape index (κ1) is 19.6. The Labute approximate surface area is 189 Å². The molecule has 9 heteroatoms. The zero-order valence-corrected chi connectivity index (χ0v) is 18.5. The molecular formula is C23H23ClN6O2. The van der Waals surface area contributed by atoms with Gasteiger partial charge in [0.05, 0.1) is 41.0 Å². The molecule has 3 fully saturated rings. The number of hydrogen-bond donors (Lipinski definition) is 1. The fourth-order valence-corrected chi connectivity index (χ4v) is 5.94. The summed E-state index contributed by atoms with van der Waals surface area (Å²) in [6.45, 7) is 0.650. The van der Waals surface area contributed by atoms with E-state index in [9.17, 15) is 10.1 Å². The molecule has 3 aromatic rings. The zero-order valence-electron chi connectivity index (χ0n) is 17.8. The number of imidazole rings is 1. The lowest BCUT2D eigenvalue weighted by Gasteiger charge is -2.48. The number of nitrogens with one attached hydrogen (secondary N) is 1. The highest BCUT2D eigenvalue weighted by atomic mass is 35.5. The van der Waals surface area contributed by atoms with Gasteiger partial charge in [-0.25, -0.2) is 9.78 Å². The first-order chi connectivity index (χ1) is 15.5. The zero-order chi connectivity index (χ0) is 22.0. The quantitative estimate of drug-likeness (QED) is 0.644. The van der Waals surface area contributed by atoms with Gasteiger partial charge in [-0.1, -0.05) is 11.6 Å². The van der Waals surface area contributed by atoms with Gasteiger partial charge < -0.3 is 10.1 Å². The Kier molecular flexibility index (Phi) is 4.28. The van der Waals surface area contributed by atoms with Crippen LogP contribution in [-0.2, 0) is 13.5 Å². The maximum Gasteiger partial charge on any atom is 0.330 e. The lowest BCUT2D eigenvalue weighted by Crippen LogP contribution is -2.45. The minimum Gasteiger partial charge on any atom is -0.493 e.